The van der Waals surface area contributed by atoms with Crippen molar-refractivity contribution in [1.29, 1.82) is 0 Å². The number of carboxylic acids is 1. The summed E-state index contributed by atoms with van der Waals surface area (Å²) in [6, 6.07) is 0. The Hall–Kier alpha value is -1.40. The average Bonchev–Trinajstić information content (AvgIpc) is 2.65. The van der Waals surface area contributed by atoms with E-state index in [2.05, 4.69) is 5.32 Å². The third-order valence-corrected chi connectivity index (χ3v) is 3.94. The Morgan fingerprint density at radius 3 is 2.58 bits per heavy atom. The number of methoxy groups -OCH3 is 1. The first-order chi connectivity index (χ1) is 8.92. The van der Waals surface area contributed by atoms with E-state index >= 15 is 0 Å². The third kappa shape index (κ3) is 3.54. The molecule has 1 amide bonds. The molecule has 19 heavy (non-hydrogen) atoms. The maximum absolute atomic E-state index is 11.9. The minimum absolute atomic E-state index is 0.211. The van der Waals surface area contributed by atoms with Crippen LogP contribution in [0.25, 0.3) is 0 Å². The molecule has 1 heterocycles. The molecule has 1 unspecified atom stereocenters. The number of rotatable bonds is 6. The Kier molecular flexibility index (Phi) is 5.50. The number of hydrogen-bond donors (Lipinski definition) is 2. The number of anilines is 1. The van der Waals surface area contributed by atoms with Gasteiger partial charge in [0.25, 0.3) is 0 Å². The van der Waals surface area contributed by atoms with Crippen molar-refractivity contribution >= 4 is 28.2 Å². The number of aromatic carboxylic acids is 1. The van der Waals surface area contributed by atoms with Gasteiger partial charge >= 0.3 is 5.97 Å². The molecule has 0 spiro atoms. The Morgan fingerprint density at radius 2 is 2.11 bits per heavy atom. The van der Waals surface area contributed by atoms with Crippen molar-refractivity contribution in [2.45, 2.75) is 27.2 Å². The molecule has 2 N–H and O–H groups in total. The largest absolute Gasteiger partial charge is 0.478 e. The van der Waals surface area contributed by atoms with Gasteiger partial charge in [-0.2, -0.15) is 0 Å². The van der Waals surface area contributed by atoms with Crippen molar-refractivity contribution in [3.8, 4) is 0 Å². The first-order valence-corrected chi connectivity index (χ1v) is 6.89. The van der Waals surface area contributed by atoms with E-state index in [-0.39, 0.29) is 17.4 Å². The number of hydrogen-bond acceptors (Lipinski definition) is 4. The molecule has 1 aromatic rings. The van der Waals surface area contributed by atoms with Crippen LogP contribution < -0.4 is 5.32 Å². The summed E-state index contributed by atoms with van der Waals surface area (Å²) in [5.74, 6) is -1.55. The topological polar surface area (TPSA) is 75.6 Å². The minimum atomic E-state index is -1.00. The Bertz CT molecular complexity index is 481. The highest BCUT2D eigenvalue weighted by Gasteiger charge is 2.23. The third-order valence-electron chi connectivity index (χ3n) is 2.88. The summed E-state index contributed by atoms with van der Waals surface area (Å²) in [4.78, 5) is 24.2. The first-order valence-electron chi connectivity index (χ1n) is 6.07. The van der Waals surface area contributed by atoms with Gasteiger partial charge in [-0.3, -0.25) is 4.79 Å². The average molecular weight is 285 g/mol. The van der Waals surface area contributed by atoms with Crippen LogP contribution in [0.3, 0.4) is 0 Å². The zero-order valence-electron chi connectivity index (χ0n) is 11.6. The smallest absolute Gasteiger partial charge is 0.339 e. The van der Waals surface area contributed by atoms with Gasteiger partial charge in [-0.1, -0.05) is 13.8 Å². The Morgan fingerprint density at radius 1 is 1.47 bits per heavy atom. The van der Waals surface area contributed by atoms with Gasteiger partial charge in [0.05, 0.1) is 18.1 Å². The fraction of sp³-hybridized carbons (Fsp3) is 0.538. The molecule has 0 saturated carbocycles. The standard InChI is InChI=1S/C13H19NO4S/c1-5-9-8(3)19-12(10(9)13(16)17)14-11(15)7(2)6-18-4/h7H,5-6H2,1-4H3,(H,14,15)(H,16,17). The first kappa shape index (κ1) is 15.7. The molecule has 1 aromatic heterocycles. The minimum Gasteiger partial charge on any atom is -0.478 e. The van der Waals surface area contributed by atoms with Crippen molar-refractivity contribution in [2.24, 2.45) is 5.92 Å². The van der Waals surface area contributed by atoms with Crippen LogP contribution in [-0.2, 0) is 16.0 Å². The molecule has 0 saturated heterocycles. The Labute approximate surface area is 116 Å². The number of thiophene rings is 1. The molecule has 0 aliphatic carbocycles. The summed E-state index contributed by atoms with van der Waals surface area (Å²) in [5.41, 5.74) is 0.996. The number of carboxylic acid groups (broad SMARTS) is 1. The summed E-state index contributed by atoms with van der Waals surface area (Å²) in [7, 11) is 1.52. The van der Waals surface area contributed by atoms with Gasteiger partial charge in [0.15, 0.2) is 0 Å². The van der Waals surface area contributed by atoms with Crippen LogP contribution in [-0.4, -0.2) is 30.7 Å². The monoisotopic (exact) mass is 285 g/mol. The lowest BCUT2D eigenvalue weighted by atomic mass is 10.1. The number of ether oxygens (including phenoxy) is 1. The zero-order valence-corrected chi connectivity index (χ0v) is 12.4. The molecular formula is C13H19NO4S. The fourth-order valence-corrected chi connectivity index (χ4v) is 3.02. The maximum Gasteiger partial charge on any atom is 0.339 e. The van der Waals surface area contributed by atoms with E-state index < -0.39 is 5.97 Å². The molecule has 0 radical (unpaired) electrons. The van der Waals surface area contributed by atoms with Crippen LogP contribution in [0.2, 0.25) is 0 Å². The lowest BCUT2D eigenvalue weighted by Gasteiger charge is -2.10. The molecule has 5 nitrogen and oxygen atoms in total. The number of amides is 1. The van der Waals surface area contributed by atoms with Crippen LogP contribution in [0, 0.1) is 12.8 Å². The molecule has 0 aliphatic rings. The van der Waals surface area contributed by atoms with E-state index in [1.54, 1.807) is 6.92 Å². The van der Waals surface area contributed by atoms with E-state index in [9.17, 15) is 14.7 Å². The number of aryl methyl sites for hydroxylation is 1. The van der Waals surface area contributed by atoms with Crippen LogP contribution in [0.1, 0.15) is 34.6 Å². The highest BCUT2D eigenvalue weighted by atomic mass is 32.1. The molecule has 6 heteroatoms. The number of carbonyl (C=O) groups excluding carboxylic acids is 1. The second-order valence-corrected chi connectivity index (χ2v) is 5.57. The summed E-state index contributed by atoms with van der Waals surface area (Å²) in [6.45, 7) is 5.81. The van der Waals surface area contributed by atoms with Crippen molar-refractivity contribution in [3.63, 3.8) is 0 Å². The second-order valence-electron chi connectivity index (χ2n) is 4.35. The Balaban J connectivity index is 3.01. The highest BCUT2D eigenvalue weighted by molar-refractivity contribution is 7.16. The van der Waals surface area contributed by atoms with E-state index in [0.717, 1.165) is 10.4 Å². The van der Waals surface area contributed by atoms with Gasteiger partial charge in [0, 0.05) is 12.0 Å². The van der Waals surface area contributed by atoms with Crippen LogP contribution in [0.4, 0.5) is 5.00 Å². The van der Waals surface area contributed by atoms with E-state index in [1.807, 2.05) is 13.8 Å². The molecule has 0 aliphatic heterocycles. The summed E-state index contributed by atoms with van der Waals surface area (Å²) < 4.78 is 4.92. The van der Waals surface area contributed by atoms with Gasteiger partial charge < -0.3 is 15.2 Å². The van der Waals surface area contributed by atoms with Crippen molar-refractivity contribution < 1.29 is 19.4 Å². The van der Waals surface area contributed by atoms with E-state index in [1.165, 1.54) is 18.4 Å². The van der Waals surface area contributed by atoms with Crippen molar-refractivity contribution in [3.05, 3.63) is 16.0 Å². The van der Waals surface area contributed by atoms with Crippen LogP contribution in [0.15, 0.2) is 0 Å². The molecule has 106 valence electrons. The quantitative estimate of drug-likeness (QED) is 0.842. The maximum atomic E-state index is 11.9. The predicted molar refractivity (Wildman–Crippen MR) is 75.1 cm³/mol. The van der Waals surface area contributed by atoms with Crippen molar-refractivity contribution in [1.82, 2.24) is 0 Å². The molecule has 0 fully saturated rings. The number of nitrogens with one attached hydrogen (secondary N) is 1. The van der Waals surface area contributed by atoms with Gasteiger partial charge in [0.2, 0.25) is 5.91 Å². The number of carbonyl (C=O) groups is 2. The summed E-state index contributed by atoms with van der Waals surface area (Å²) >= 11 is 1.30. The zero-order chi connectivity index (χ0) is 14.6. The molecule has 0 aromatic carbocycles. The van der Waals surface area contributed by atoms with Gasteiger partial charge in [0.1, 0.15) is 5.00 Å². The van der Waals surface area contributed by atoms with Gasteiger partial charge in [-0.15, -0.1) is 11.3 Å². The molecule has 1 rings (SSSR count). The summed E-state index contributed by atoms with van der Waals surface area (Å²) in [5, 5.41) is 12.4. The lowest BCUT2D eigenvalue weighted by molar-refractivity contribution is -0.120. The van der Waals surface area contributed by atoms with E-state index in [4.69, 9.17) is 4.74 Å². The van der Waals surface area contributed by atoms with Crippen LogP contribution in [0.5, 0.6) is 0 Å². The van der Waals surface area contributed by atoms with Gasteiger partial charge in [-0.25, -0.2) is 4.79 Å². The highest BCUT2D eigenvalue weighted by Crippen LogP contribution is 2.33. The summed E-state index contributed by atoms with van der Waals surface area (Å²) in [6.07, 6.45) is 0.632. The normalized spacial score (nSPS) is 12.2. The SMILES string of the molecule is CCc1c(C)sc(NC(=O)C(C)COC)c1C(=O)O. The second kappa shape index (κ2) is 6.68. The predicted octanol–water partition coefficient (Wildman–Crippen LogP) is 2.54. The van der Waals surface area contributed by atoms with E-state index in [0.29, 0.717) is 18.0 Å². The fourth-order valence-electron chi connectivity index (χ4n) is 1.88. The molecular weight excluding hydrogens is 266 g/mol. The molecule has 1 atom stereocenters. The van der Waals surface area contributed by atoms with Crippen molar-refractivity contribution in [2.75, 3.05) is 19.0 Å². The molecule has 0 bridgehead atoms. The van der Waals surface area contributed by atoms with Gasteiger partial charge in [-0.05, 0) is 18.9 Å². The lowest BCUT2D eigenvalue weighted by Crippen LogP contribution is -2.24. The van der Waals surface area contributed by atoms with Crippen LogP contribution >= 0.6 is 11.3 Å².